The van der Waals surface area contributed by atoms with Crippen molar-refractivity contribution in [2.45, 2.75) is 57.4 Å². The first-order valence-corrected chi connectivity index (χ1v) is 10.9. The number of carbonyl (C=O) groups is 1. The minimum absolute atomic E-state index is 0.0281. The molecule has 0 saturated heterocycles. The minimum Gasteiger partial charge on any atom is -0.324 e. The molecule has 2 atom stereocenters. The maximum atomic E-state index is 13.2. The molecule has 4 saturated carbocycles. The smallest absolute Gasteiger partial charge is 0.230 e. The van der Waals surface area contributed by atoms with Crippen molar-refractivity contribution in [3.05, 3.63) is 18.3 Å². The molecule has 5 nitrogen and oxygen atoms in total. The summed E-state index contributed by atoms with van der Waals surface area (Å²) in [6, 6.07) is 3.08. The summed E-state index contributed by atoms with van der Waals surface area (Å²) in [5.41, 5.74) is 0.857. The topological polar surface area (TPSA) is 76.1 Å². The van der Waals surface area contributed by atoms with E-state index in [1.807, 2.05) is 0 Å². The summed E-state index contributed by atoms with van der Waals surface area (Å²) >= 11 is 0. The Hall–Kier alpha value is -1.43. The fourth-order valence-corrected chi connectivity index (χ4v) is 7.20. The van der Waals surface area contributed by atoms with Gasteiger partial charge in [-0.2, -0.15) is 0 Å². The first-order valence-electron chi connectivity index (χ1n) is 8.99. The molecule has 5 rings (SSSR count). The van der Waals surface area contributed by atoms with Gasteiger partial charge in [0.1, 0.15) is 0 Å². The monoisotopic (exact) mass is 362 g/mol. The molecule has 0 radical (unpaired) electrons. The van der Waals surface area contributed by atoms with Crippen LogP contribution in [0.15, 0.2) is 23.4 Å². The Morgan fingerprint density at radius 2 is 1.76 bits per heavy atom. The van der Waals surface area contributed by atoms with Crippen LogP contribution in [0.25, 0.3) is 0 Å². The van der Waals surface area contributed by atoms with Crippen LogP contribution >= 0.6 is 0 Å². The van der Waals surface area contributed by atoms with Gasteiger partial charge in [0.2, 0.25) is 5.91 Å². The van der Waals surface area contributed by atoms with Crippen LogP contribution in [-0.2, 0) is 14.6 Å². The van der Waals surface area contributed by atoms with E-state index in [2.05, 4.69) is 24.1 Å². The second-order valence-corrected chi connectivity index (χ2v) is 11.5. The average Bonchev–Trinajstić information content (AvgIpc) is 2.43. The molecule has 4 aliphatic carbocycles. The maximum Gasteiger partial charge on any atom is 0.230 e. The zero-order chi connectivity index (χ0) is 18.1. The predicted molar refractivity (Wildman–Crippen MR) is 95.8 cm³/mol. The van der Waals surface area contributed by atoms with Crippen LogP contribution in [0.5, 0.6) is 0 Å². The van der Waals surface area contributed by atoms with E-state index < -0.39 is 9.84 Å². The lowest BCUT2D eigenvalue weighted by atomic mass is 9.40. The number of aromatic nitrogens is 1. The maximum absolute atomic E-state index is 13.2. The molecule has 1 aromatic heterocycles. The number of carbonyl (C=O) groups excluding carboxylic acids is 1. The molecule has 1 heterocycles. The number of hydrogen-bond acceptors (Lipinski definition) is 4. The molecular weight excluding hydrogens is 336 g/mol. The minimum atomic E-state index is -3.32. The van der Waals surface area contributed by atoms with Crippen LogP contribution in [0.3, 0.4) is 0 Å². The second kappa shape index (κ2) is 5.06. The van der Waals surface area contributed by atoms with Gasteiger partial charge in [0, 0.05) is 6.26 Å². The number of pyridine rings is 1. The summed E-state index contributed by atoms with van der Waals surface area (Å²) < 4.78 is 23.0. The molecule has 0 spiro atoms. The molecule has 2 unspecified atom stereocenters. The third-order valence-electron chi connectivity index (χ3n) is 6.48. The Kier molecular flexibility index (Phi) is 3.44. The zero-order valence-electron chi connectivity index (χ0n) is 15.1. The predicted octanol–water partition coefficient (Wildman–Crippen LogP) is 3.42. The van der Waals surface area contributed by atoms with Gasteiger partial charge in [0.25, 0.3) is 0 Å². The largest absolute Gasteiger partial charge is 0.324 e. The average molecular weight is 362 g/mol. The third kappa shape index (κ3) is 2.88. The number of sulfone groups is 1. The number of hydrogen-bond donors (Lipinski definition) is 1. The van der Waals surface area contributed by atoms with Gasteiger partial charge < -0.3 is 5.32 Å². The van der Waals surface area contributed by atoms with E-state index in [-0.39, 0.29) is 27.2 Å². The van der Waals surface area contributed by atoms with E-state index in [1.54, 1.807) is 6.07 Å². The van der Waals surface area contributed by atoms with Crippen molar-refractivity contribution in [1.29, 1.82) is 0 Å². The molecule has 1 amide bonds. The van der Waals surface area contributed by atoms with Crippen molar-refractivity contribution in [3.63, 3.8) is 0 Å². The summed E-state index contributed by atoms with van der Waals surface area (Å²) in [6.07, 6.45) is 9.22. The Labute approximate surface area is 149 Å². The van der Waals surface area contributed by atoms with Crippen molar-refractivity contribution in [1.82, 2.24) is 4.98 Å². The van der Waals surface area contributed by atoms with E-state index >= 15 is 0 Å². The summed E-state index contributed by atoms with van der Waals surface area (Å²) in [7, 11) is -3.32. The first-order chi connectivity index (χ1) is 11.5. The van der Waals surface area contributed by atoms with Crippen LogP contribution < -0.4 is 5.32 Å². The van der Waals surface area contributed by atoms with E-state index in [0.29, 0.717) is 11.6 Å². The molecule has 4 bridgehead atoms. The Morgan fingerprint density at radius 3 is 2.24 bits per heavy atom. The van der Waals surface area contributed by atoms with Crippen LogP contribution in [-0.4, -0.2) is 25.6 Å². The summed E-state index contributed by atoms with van der Waals surface area (Å²) in [6.45, 7) is 4.69. The molecule has 136 valence electrons. The van der Waals surface area contributed by atoms with Crippen LogP contribution in [0, 0.1) is 22.2 Å². The molecule has 4 aliphatic rings. The molecule has 25 heavy (non-hydrogen) atoms. The van der Waals surface area contributed by atoms with Crippen molar-refractivity contribution in [2.24, 2.45) is 22.2 Å². The Bertz CT molecular complexity index is 813. The molecular formula is C19H26N2O3S. The number of nitrogens with one attached hydrogen (secondary N) is 1. The lowest BCUT2D eigenvalue weighted by Crippen LogP contribution is -2.58. The zero-order valence-corrected chi connectivity index (χ0v) is 15.9. The van der Waals surface area contributed by atoms with Gasteiger partial charge in [-0.3, -0.25) is 4.79 Å². The summed E-state index contributed by atoms with van der Waals surface area (Å²) in [4.78, 5) is 17.1. The SMILES string of the molecule is CC12CC3CC(C)(C1)CC(C(=O)Nc1ccc(S(C)(=O)=O)nc1)(C3)C2. The molecule has 4 fully saturated rings. The van der Waals surface area contributed by atoms with Gasteiger partial charge in [-0.05, 0) is 67.4 Å². The summed E-state index contributed by atoms with van der Waals surface area (Å²) in [5, 5.41) is 3.04. The van der Waals surface area contributed by atoms with Crippen molar-refractivity contribution < 1.29 is 13.2 Å². The third-order valence-corrected chi connectivity index (χ3v) is 7.48. The van der Waals surface area contributed by atoms with Crippen molar-refractivity contribution in [2.75, 3.05) is 11.6 Å². The van der Waals surface area contributed by atoms with Gasteiger partial charge in [-0.15, -0.1) is 0 Å². The van der Waals surface area contributed by atoms with Gasteiger partial charge in [0.15, 0.2) is 14.9 Å². The number of rotatable bonds is 3. The van der Waals surface area contributed by atoms with Crippen molar-refractivity contribution in [3.8, 4) is 0 Å². The van der Waals surface area contributed by atoms with E-state index in [9.17, 15) is 13.2 Å². The van der Waals surface area contributed by atoms with Crippen LogP contribution in [0.4, 0.5) is 5.69 Å². The lowest BCUT2D eigenvalue weighted by molar-refractivity contribution is -0.165. The quantitative estimate of drug-likeness (QED) is 0.894. The first kappa shape index (κ1) is 17.0. The Morgan fingerprint density at radius 1 is 1.12 bits per heavy atom. The van der Waals surface area contributed by atoms with Gasteiger partial charge in [-0.1, -0.05) is 13.8 Å². The molecule has 0 aromatic carbocycles. The van der Waals surface area contributed by atoms with Crippen molar-refractivity contribution >= 4 is 21.4 Å². The molecule has 1 aromatic rings. The molecule has 6 heteroatoms. The lowest BCUT2D eigenvalue weighted by Gasteiger charge is -2.64. The van der Waals surface area contributed by atoms with Crippen LogP contribution in [0.2, 0.25) is 0 Å². The number of anilines is 1. The highest BCUT2D eigenvalue weighted by Crippen LogP contribution is 2.69. The number of amides is 1. The Balaban J connectivity index is 1.57. The fourth-order valence-electron chi connectivity index (χ4n) is 6.64. The highest BCUT2D eigenvalue weighted by Gasteiger charge is 2.62. The van der Waals surface area contributed by atoms with E-state index in [0.717, 1.165) is 25.5 Å². The standard InChI is InChI=1S/C19H26N2O3S/c1-17-6-13-7-18(2,10-17)12-19(8-13,11-17)16(22)21-14-4-5-15(20-9-14)25(3,23)24/h4-5,9,13H,6-8,10-12H2,1-3H3,(H,21,22). The van der Waals surface area contributed by atoms with Gasteiger partial charge in [-0.25, -0.2) is 13.4 Å². The number of nitrogens with zero attached hydrogens (tertiary/aromatic N) is 1. The van der Waals surface area contributed by atoms with E-state index in [4.69, 9.17) is 0 Å². The highest BCUT2D eigenvalue weighted by molar-refractivity contribution is 7.90. The molecule has 1 N–H and O–H groups in total. The fraction of sp³-hybridized carbons (Fsp3) is 0.684. The summed E-state index contributed by atoms with van der Waals surface area (Å²) in [5.74, 6) is 0.741. The van der Waals surface area contributed by atoms with E-state index in [1.165, 1.54) is 31.5 Å². The normalized spacial score (nSPS) is 39.4. The van der Waals surface area contributed by atoms with Gasteiger partial charge in [0.05, 0.1) is 17.3 Å². The van der Waals surface area contributed by atoms with Gasteiger partial charge >= 0.3 is 0 Å². The molecule has 0 aliphatic heterocycles. The highest BCUT2D eigenvalue weighted by atomic mass is 32.2. The second-order valence-electron chi connectivity index (χ2n) is 9.52. The van der Waals surface area contributed by atoms with Crippen LogP contribution in [0.1, 0.15) is 52.4 Å².